The first-order valence-electron chi connectivity index (χ1n) is 9.62. The summed E-state index contributed by atoms with van der Waals surface area (Å²) >= 11 is 6.04. The van der Waals surface area contributed by atoms with Gasteiger partial charge in [0.15, 0.2) is 5.69 Å². The lowest BCUT2D eigenvalue weighted by Crippen LogP contribution is -2.36. The topological polar surface area (TPSA) is 72.3 Å². The third-order valence-corrected chi connectivity index (χ3v) is 5.24. The molecule has 9 heteroatoms. The van der Waals surface area contributed by atoms with Gasteiger partial charge in [0, 0.05) is 30.3 Å². The van der Waals surface area contributed by atoms with Gasteiger partial charge in [0.1, 0.15) is 5.82 Å². The van der Waals surface area contributed by atoms with E-state index in [0.29, 0.717) is 23.7 Å². The van der Waals surface area contributed by atoms with E-state index in [4.69, 9.17) is 16.3 Å². The van der Waals surface area contributed by atoms with Crippen molar-refractivity contribution in [2.75, 3.05) is 31.2 Å². The molecule has 30 heavy (non-hydrogen) atoms. The minimum atomic E-state index is -0.402. The molecule has 1 N–H and O–H groups in total. The monoisotopic (exact) mass is 429 g/mol. The summed E-state index contributed by atoms with van der Waals surface area (Å²) in [7, 11) is 0. The maximum atomic E-state index is 13.2. The zero-order valence-electron chi connectivity index (χ0n) is 16.2. The standard InChI is InChI=1S/C21H21ClFN5O2/c22-19-11-17(23)4-3-16(19)13-28-14-20(25-26-28)21(29)24-12-15-1-5-18(6-2-15)27-7-9-30-10-8-27/h1-6,11,14H,7-10,12-13H2,(H,24,29). The zero-order chi connectivity index (χ0) is 20.9. The van der Waals surface area contributed by atoms with Crippen molar-refractivity contribution in [3.63, 3.8) is 0 Å². The number of hydrogen-bond donors (Lipinski definition) is 1. The number of halogens is 2. The fraction of sp³-hybridized carbons (Fsp3) is 0.286. The molecule has 0 unspecified atom stereocenters. The Bertz CT molecular complexity index is 1020. The lowest BCUT2D eigenvalue weighted by molar-refractivity contribution is 0.0945. The van der Waals surface area contributed by atoms with Gasteiger partial charge in [-0.15, -0.1) is 5.10 Å². The van der Waals surface area contributed by atoms with Crippen LogP contribution < -0.4 is 10.2 Å². The van der Waals surface area contributed by atoms with Gasteiger partial charge >= 0.3 is 0 Å². The quantitative estimate of drug-likeness (QED) is 0.652. The number of nitrogens with zero attached hydrogens (tertiary/aromatic N) is 4. The summed E-state index contributed by atoms with van der Waals surface area (Å²) in [5, 5.41) is 11.0. The van der Waals surface area contributed by atoms with Crippen molar-refractivity contribution >= 4 is 23.2 Å². The molecule has 1 amide bonds. The minimum absolute atomic E-state index is 0.207. The Hall–Kier alpha value is -2.97. The predicted octanol–water partition coefficient (Wildman–Crippen LogP) is 2.89. The van der Waals surface area contributed by atoms with Crippen LogP contribution in [0.1, 0.15) is 21.6 Å². The van der Waals surface area contributed by atoms with Gasteiger partial charge in [0.25, 0.3) is 5.91 Å². The molecule has 0 atom stereocenters. The van der Waals surface area contributed by atoms with E-state index >= 15 is 0 Å². The number of benzene rings is 2. The molecule has 1 aromatic heterocycles. The van der Waals surface area contributed by atoms with E-state index in [9.17, 15) is 9.18 Å². The number of amides is 1. The SMILES string of the molecule is O=C(NCc1ccc(N2CCOCC2)cc1)c1cn(Cc2ccc(F)cc2Cl)nn1. The van der Waals surface area contributed by atoms with E-state index in [0.717, 1.165) is 37.6 Å². The molecule has 1 aliphatic heterocycles. The van der Waals surface area contributed by atoms with E-state index in [-0.39, 0.29) is 11.6 Å². The van der Waals surface area contributed by atoms with Crippen molar-refractivity contribution in [2.24, 2.45) is 0 Å². The Morgan fingerprint density at radius 2 is 1.93 bits per heavy atom. The number of nitrogens with one attached hydrogen (secondary N) is 1. The summed E-state index contributed by atoms with van der Waals surface area (Å²) in [5.74, 6) is -0.718. The Labute approximate surface area is 178 Å². The van der Waals surface area contributed by atoms with Crippen LogP contribution in [-0.4, -0.2) is 47.2 Å². The van der Waals surface area contributed by atoms with Crippen LogP contribution in [0.15, 0.2) is 48.7 Å². The summed E-state index contributed by atoms with van der Waals surface area (Å²) in [6, 6.07) is 12.3. The first-order chi connectivity index (χ1) is 14.6. The summed E-state index contributed by atoms with van der Waals surface area (Å²) in [6.07, 6.45) is 1.54. The Kier molecular flexibility index (Phi) is 6.25. The summed E-state index contributed by atoms with van der Waals surface area (Å²) in [6.45, 7) is 3.93. The van der Waals surface area contributed by atoms with Gasteiger partial charge in [-0.2, -0.15) is 0 Å². The molecule has 1 saturated heterocycles. The molecule has 0 bridgehead atoms. The second kappa shape index (κ2) is 9.23. The van der Waals surface area contributed by atoms with E-state index in [1.165, 1.54) is 23.0 Å². The highest BCUT2D eigenvalue weighted by molar-refractivity contribution is 6.31. The normalized spacial score (nSPS) is 14.0. The predicted molar refractivity (Wildman–Crippen MR) is 111 cm³/mol. The number of aromatic nitrogens is 3. The molecule has 1 fully saturated rings. The van der Waals surface area contributed by atoms with Crippen molar-refractivity contribution in [1.82, 2.24) is 20.3 Å². The van der Waals surface area contributed by atoms with Crippen molar-refractivity contribution in [2.45, 2.75) is 13.1 Å². The van der Waals surface area contributed by atoms with Crippen LogP contribution in [0.5, 0.6) is 0 Å². The van der Waals surface area contributed by atoms with Gasteiger partial charge in [0.05, 0.1) is 26.0 Å². The third-order valence-electron chi connectivity index (χ3n) is 4.88. The molecule has 2 heterocycles. The van der Waals surface area contributed by atoms with Gasteiger partial charge in [-0.25, -0.2) is 9.07 Å². The third kappa shape index (κ3) is 4.95. The fourth-order valence-corrected chi connectivity index (χ4v) is 3.45. The average Bonchev–Trinajstić information content (AvgIpc) is 3.24. The Morgan fingerprint density at radius 3 is 2.67 bits per heavy atom. The van der Waals surface area contributed by atoms with E-state index in [1.807, 2.05) is 12.1 Å². The van der Waals surface area contributed by atoms with Crippen LogP contribution in [-0.2, 0) is 17.8 Å². The van der Waals surface area contributed by atoms with Crippen molar-refractivity contribution < 1.29 is 13.9 Å². The number of carbonyl (C=O) groups is 1. The number of morpholine rings is 1. The zero-order valence-corrected chi connectivity index (χ0v) is 17.0. The molecular formula is C21H21ClFN5O2. The van der Waals surface area contributed by atoms with Crippen LogP contribution in [0.4, 0.5) is 10.1 Å². The fourth-order valence-electron chi connectivity index (χ4n) is 3.22. The van der Waals surface area contributed by atoms with Gasteiger partial charge < -0.3 is 15.0 Å². The largest absolute Gasteiger partial charge is 0.378 e. The molecule has 2 aromatic carbocycles. The Morgan fingerprint density at radius 1 is 1.17 bits per heavy atom. The molecule has 156 valence electrons. The van der Waals surface area contributed by atoms with Crippen molar-refractivity contribution in [3.05, 3.63) is 76.3 Å². The molecule has 1 aliphatic rings. The van der Waals surface area contributed by atoms with Crippen molar-refractivity contribution in [1.29, 1.82) is 0 Å². The van der Waals surface area contributed by atoms with Crippen molar-refractivity contribution in [3.8, 4) is 0 Å². The first-order valence-corrected chi connectivity index (χ1v) is 10.0. The highest BCUT2D eigenvalue weighted by Crippen LogP contribution is 2.18. The number of carbonyl (C=O) groups excluding carboxylic acids is 1. The maximum Gasteiger partial charge on any atom is 0.273 e. The van der Waals surface area contributed by atoms with Gasteiger partial charge in [-0.3, -0.25) is 4.79 Å². The van der Waals surface area contributed by atoms with Gasteiger partial charge in [-0.05, 0) is 35.4 Å². The molecule has 3 aromatic rings. The second-order valence-corrected chi connectivity index (χ2v) is 7.39. The summed E-state index contributed by atoms with van der Waals surface area (Å²) < 4.78 is 20.0. The van der Waals surface area contributed by atoms with E-state index < -0.39 is 5.82 Å². The van der Waals surface area contributed by atoms with E-state index in [1.54, 1.807) is 6.07 Å². The lowest BCUT2D eigenvalue weighted by Gasteiger charge is -2.28. The van der Waals surface area contributed by atoms with Gasteiger partial charge in [-0.1, -0.05) is 35.0 Å². The molecule has 0 radical (unpaired) electrons. The molecule has 7 nitrogen and oxygen atoms in total. The molecule has 0 spiro atoms. The highest BCUT2D eigenvalue weighted by atomic mass is 35.5. The highest BCUT2D eigenvalue weighted by Gasteiger charge is 2.13. The average molecular weight is 430 g/mol. The van der Waals surface area contributed by atoms with E-state index in [2.05, 4.69) is 32.7 Å². The van der Waals surface area contributed by atoms with Crippen LogP contribution in [0, 0.1) is 5.82 Å². The first kappa shape index (κ1) is 20.3. The van der Waals surface area contributed by atoms with Crippen LogP contribution in [0.3, 0.4) is 0 Å². The molecule has 0 saturated carbocycles. The Balaban J connectivity index is 1.32. The van der Waals surface area contributed by atoms with Gasteiger partial charge in [0.2, 0.25) is 0 Å². The molecule has 0 aliphatic carbocycles. The lowest BCUT2D eigenvalue weighted by atomic mass is 10.2. The van der Waals surface area contributed by atoms with Crippen LogP contribution in [0.25, 0.3) is 0 Å². The summed E-state index contributed by atoms with van der Waals surface area (Å²) in [4.78, 5) is 14.7. The van der Waals surface area contributed by atoms with Crippen LogP contribution >= 0.6 is 11.6 Å². The number of ether oxygens (including phenoxy) is 1. The minimum Gasteiger partial charge on any atom is -0.378 e. The summed E-state index contributed by atoms with van der Waals surface area (Å²) in [5.41, 5.74) is 3.04. The number of rotatable bonds is 6. The smallest absolute Gasteiger partial charge is 0.273 e. The maximum absolute atomic E-state index is 13.2. The molecular weight excluding hydrogens is 409 g/mol. The van der Waals surface area contributed by atoms with Crippen LogP contribution in [0.2, 0.25) is 5.02 Å². The second-order valence-electron chi connectivity index (χ2n) is 6.99. The number of anilines is 1. The molecule has 4 rings (SSSR count). The number of hydrogen-bond acceptors (Lipinski definition) is 5.